The third-order valence-electron chi connectivity index (χ3n) is 3.50. The molecule has 0 radical (unpaired) electrons. The van der Waals surface area contributed by atoms with Gasteiger partial charge < -0.3 is 5.32 Å². The lowest BCUT2D eigenvalue weighted by molar-refractivity contribution is 0.210. The molecule has 17 heavy (non-hydrogen) atoms. The van der Waals surface area contributed by atoms with E-state index in [1.54, 1.807) is 0 Å². The van der Waals surface area contributed by atoms with E-state index in [-0.39, 0.29) is 0 Å². The van der Waals surface area contributed by atoms with Gasteiger partial charge in [-0.1, -0.05) is 28.1 Å². The molecule has 1 aromatic carbocycles. The van der Waals surface area contributed by atoms with Crippen molar-refractivity contribution in [3.05, 3.63) is 34.3 Å². The average Bonchev–Trinajstić information content (AvgIpc) is 2.53. The molecular weight excluding hydrogens is 276 g/mol. The van der Waals surface area contributed by atoms with Crippen LogP contribution in [0, 0.1) is 0 Å². The predicted octanol–water partition coefficient (Wildman–Crippen LogP) is 3.19. The zero-order valence-corrected chi connectivity index (χ0v) is 12.2. The van der Waals surface area contributed by atoms with E-state index in [0.29, 0.717) is 12.1 Å². The summed E-state index contributed by atoms with van der Waals surface area (Å²) in [7, 11) is 0. The minimum absolute atomic E-state index is 0.495. The number of benzene rings is 1. The fourth-order valence-electron chi connectivity index (χ4n) is 2.47. The second-order valence-electron chi connectivity index (χ2n) is 4.93. The molecule has 0 aromatic heterocycles. The normalized spacial score (nSPS) is 24.3. The van der Waals surface area contributed by atoms with Crippen molar-refractivity contribution < 1.29 is 0 Å². The Morgan fingerprint density at radius 3 is 3.06 bits per heavy atom. The van der Waals surface area contributed by atoms with Crippen LogP contribution in [-0.2, 0) is 0 Å². The Labute approximate surface area is 113 Å². The Kier molecular flexibility index (Phi) is 4.60. The maximum Gasteiger partial charge on any atom is 0.0320 e. The quantitative estimate of drug-likeness (QED) is 0.902. The van der Waals surface area contributed by atoms with Gasteiger partial charge in [0.2, 0.25) is 0 Å². The smallest absolute Gasteiger partial charge is 0.0320 e. The van der Waals surface area contributed by atoms with Crippen LogP contribution in [0.1, 0.15) is 31.9 Å². The van der Waals surface area contributed by atoms with E-state index in [4.69, 9.17) is 0 Å². The summed E-state index contributed by atoms with van der Waals surface area (Å²) in [5.74, 6) is 0. The molecule has 0 amide bonds. The standard InChI is InChI=1S/C14H21BrN2/c1-11-10-17(8-4-7-16-11)12(2)13-5-3-6-14(15)9-13/h3,5-6,9,11-12,16H,4,7-8,10H2,1-2H3. The predicted molar refractivity (Wildman–Crippen MR) is 76.2 cm³/mol. The molecule has 2 atom stereocenters. The summed E-state index contributed by atoms with van der Waals surface area (Å²) < 4.78 is 1.17. The molecule has 3 heteroatoms. The molecule has 1 aliphatic rings. The van der Waals surface area contributed by atoms with Crippen molar-refractivity contribution in [1.29, 1.82) is 0 Å². The van der Waals surface area contributed by atoms with Gasteiger partial charge in [0.05, 0.1) is 0 Å². The molecule has 1 saturated heterocycles. The van der Waals surface area contributed by atoms with Gasteiger partial charge in [0.25, 0.3) is 0 Å². The van der Waals surface area contributed by atoms with Gasteiger partial charge in [-0.05, 0) is 44.5 Å². The Hall–Kier alpha value is -0.380. The van der Waals surface area contributed by atoms with E-state index in [1.165, 1.54) is 23.0 Å². The topological polar surface area (TPSA) is 15.3 Å². The molecule has 0 aliphatic carbocycles. The van der Waals surface area contributed by atoms with E-state index >= 15 is 0 Å². The summed E-state index contributed by atoms with van der Waals surface area (Å²) in [4.78, 5) is 2.58. The van der Waals surface area contributed by atoms with E-state index in [2.05, 4.69) is 64.3 Å². The number of halogens is 1. The van der Waals surface area contributed by atoms with Crippen LogP contribution in [0.5, 0.6) is 0 Å². The van der Waals surface area contributed by atoms with Crippen molar-refractivity contribution in [2.45, 2.75) is 32.4 Å². The molecule has 0 saturated carbocycles. The van der Waals surface area contributed by atoms with Crippen LogP contribution in [0.25, 0.3) is 0 Å². The summed E-state index contributed by atoms with van der Waals surface area (Å²) >= 11 is 3.55. The third-order valence-corrected chi connectivity index (χ3v) is 4.00. The molecule has 1 heterocycles. The van der Waals surface area contributed by atoms with E-state index < -0.39 is 0 Å². The minimum atomic E-state index is 0.495. The first-order valence-electron chi connectivity index (χ1n) is 6.39. The summed E-state index contributed by atoms with van der Waals surface area (Å²) in [6.45, 7) is 8.04. The van der Waals surface area contributed by atoms with Gasteiger partial charge >= 0.3 is 0 Å². The van der Waals surface area contributed by atoms with Crippen molar-refractivity contribution in [2.75, 3.05) is 19.6 Å². The van der Waals surface area contributed by atoms with Gasteiger partial charge in [0.1, 0.15) is 0 Å². The van der Waals surface area contributed by atoms with Gasteiger partial charge in [-0.25, -0.2) is 0 Å². The number of hydrogen-bond acceptors (Lipinski definition) is 2. The van der Waals surface area contributed by atoms with Crippen LogP contribution >= 0.6 is 15.9 Å². The molecule has 0 bridgehead atoms. The molecule has 1 N–H and O–H groups in total. The van der Waals surface area contributed by atoms with Crippen LogP contribution < -0.4 is 5.32 Å². The summed E-state index contributed by atoms with van der Waals surface area (Å²) in [5, 5.41) is 3.54. The van der Waals surface area contributed by atoms with Gasteiger partial charge in [-0.3, -0.25) is 4.90 Å². The number of nitrogens with zero attached hydrogens (tertiary/aromatic N) is 1. The van der Waals surface area contributed by atoms with Crippen molar-refractivity contribution in [1.82, 2.24) is 10.2 Å². The molecule has 2 nitrogen and oxygen atoms in total. The highest BCUT2D eigenvalue weighted by Gasteiger charge is 2.20. The maximum atomic E-state index is 3.55. The first-order chi connectivity index (χ1) is 8.16. The Balaban J connectivity index is 2.10. The zero-order valence-electron chi connectivity index (χ0n) is 10.6. The zero-order chi connectivity index (χ0) is 12.3. The molecule has 1 aliphatic heterocycles. The van der Waals surface area contributed by atoms with Gasteiger partial charge in [-0.2, -0.15) is 0 Å². The molecule has 0 spiro atoms. The fourth-order valence-corrected chi connectivity index (χ4v) is 2.88. The van der Waals surface area contributed by atoms with E-state index in [9.17, 15) is 0 Å². The first kappa shape index (κ1) is 13.1. The molecule has 2 rings (SSSR count). The second kappa shape index (κ2) is 5.98. The SMILES string of the molecule is CC1CN(C(C)c2cccc(Br)c2)CCCN1. The minimum Gasteiger partial charge on any atom is -0.313 e. The summed E-state index contributed by atoms with van der Waals surface area (Å²) in [6, 6.07) is 9.74. The fraction of sp³-hybridized carbons (Fsp3) is 0.571. The largest absolute Gasteiger partial charge is 0.313 e. The highest BCUT2D eigenvalue weighted by Crippen LogP contribution is 2.24. The first-order valence-corrected chi connectivity index (χ1v) is 7.19. The van der Waals surface area contributed by atoms with E-state index in [0.717, 1.165) is 13.1 Å². The second-order valence-corrected chi connectivity index (χ2v) is 5.85. The molecule has 1 aromatic rings. The average molecular weight is 297 g/mol. The van der Waals surface area contributed by atoms with Crippen LogP contribution in [-0.4, -0.2) is 30.6 Å². The Morgan fingerprint density at radius 1 is 1.47 bits per heavy atom. The third kappa shape index (κ3) is 3.54. The molecule has 94 valence electrons. The van der Waals surface area contributed by atoms with Crippen LogP contribution in [0.4, 0.5) is 0 Å². The van der Waals surface area contributed by atoms with Crippen molar-refractivity contribution in [3.8, 4) is 0 Å². The summed E-state index contributed by atoms with van der Waals surface area (Å²) in [6.07, 6.45) is 1.24. The van der Waals surface area contributed by atoms with Crippen LogP contribution in [0.15, 0.2) is 28.7 Å². The number of rotatable bonds is 2. The highest BCUT2D eigenvalue weighted by atomic mass is 79.9. The Bertz CT molecular complexity index is 367. The van der Waals surface area contributed by atoms with Crippen LogP contribution in [0.2, 0.25) is 0 Å². The Morgan fingerprint density at radius 2 is 2.29 bits per heavy atom. The maximum absolute atomic E-state index is 3.55. The molecular formula is C14H21BrN2. The van der Waals surface area contributed by atoms with Crippen molar-refractivity contribution >= 4 is 15.9 Å². The lowest BCUT2D eigenvalue weighted by Gasteiger charge is -2.29. The van der Waals surface area contributed by atoms with Gasteiger partial charge in [-0.15, -0.1) is 0 Å². The monoisotopic (exact) mass is 296 g/mol. The van der Waals surface area contributed by atoms with Crippen molar-refractivity contribution in [3.63, 3.8) is 0 Å². The lowest BCUT2D eigenvalue weighted by Crippen LogP contribution is -2.36. The van der Waals surface area contributed by atoms with Crippen LogP contribution in [0.3, 0.4) is 0 Å². The number of nitrogens with one attached hydrogen (secondary N) is 1. The van der Waals surface area contributed by atoms with Crippen molar-refractivity contribution in [2.24, 2.45) is 0 Å². The van der Waals surface area contributed by atoms with Gasteiger partial charge in [0.15, 0.2) is 0 Å². The summed E-state index contributed by atoms with van der Waals surface area (Å²) in [5.41, 5.74) is 1.40. The molecule has 2 unspecified atom stereocenters. The van der Waals surface area contributed by atoms with E-state index in [1.807, 2.05) is 0 Å². The lowest BCUT2D eigenvalue weighted by atomic mass is 10.1. The van der Waals surface area contributed by atoms with Gasteiger partial charge in [0, 0.05) is 29.6 Å². The highest BCUT2D eigenvalue weighted by molar-refractivity contribution is 9.10. The molecule has 1 fully saturated rings. The number of hydrogen-bond donors (Lipinski definition) is 1.